The lowest BCUT2D eigenvalue weighted by atomic mass is 10.4. The summed E-state index contributed by atoms with van der Waals surface area (Å²) in [5.41, 5.74) is 0. The SMILES string of the molecule is COc1ccsc1C(F)F. The van der Waals surface area contributed by atoms with Gasteiger partial charge in [0.25, 0.3) is 6.43 Å². The van der Waals surface area contributed by atoms with Crippen molar-refractivity contribution in [2.75, 3.05) is 7.11 Å². The molecule has 1 aromatic heterocycles. The van der Waals surface area contributed by atoms with Crippen LogP contribution in [-0.2, 0) is 0 Å². The van der Waals surface area contributed by atoms with Crippen molar-refractivity contribution < 1.29 is 13.5 Å². The highest BCUT2D eigenvalue weighted by Crippen LogP contribution is 2.33. The largest absolute Gasteiger partial charge is 0.495 e. The minimum absolute atomic E-state index is 0.00231. The first-order valence-electron chi connectivity index (χ1n) is 2.65. The van der Waals surface area contributed by atoms with Crippen LogP contribution >= 0.6 is 11.3 Å². The van der Waals surface area contributed by atoms with Gasteiger partial charge in [0.15, 0.2) is 0 Å². The number of rotatable bonds is 2. The number of thiophene rings is 1. The zero-order valence-corrected chi connectivity index (χ0v) is 6.12. The van der Waals surface area contributed by atoms with Crippen molar-refractivity contribution in [3.63, 3.8) is 0 Å². The summed E-state index contributed by atoms with van der Waals surface area (Å²) in [7, 11) is 1.38. The Hall–Kier alpha value is -0.640. The normalized spacial score (nSPS) is 10.4. The molecule has 1 aromatic rings. The van der Waals surface area contributed by atoms with Crippen LogP contribution in [0.1, 0.15) is 11.3 Å². The van der Waals surface area contributed by atoms with Crippen LogP contribution in [0.2, 0.25) is 0 Å². The lowest BCUT2D eigenvalue weighted by molar-refractivity contribution is 0.151. The van der Waals surface area contributed by atoms with E-state index in [-0.39, 0.29) is 10.6 Å². The summed E-state index contributed by atoms with van der Waals surface area (Å²) in [4.78, 5) is 0.00231. The van der Waals surface area contributed by atoms with Crippen LogP contribution in [0, 0.1) is 0 Å². The Bertz CT molecular complexity index is 209. The Morgan fingerprint density at radius 3 is 2.70 bits per heavy atom. The van der Waals surface area contributed by atoms with Crippen molar-refractivity contribution in [1.82, 2.24) is 0 Å². The smallest absolute Gasteiger partial charge is 0.276 e. The second-order valence-corrected chi connectivity index (χ2v) is 2.60. The summed E-state index contributed by atoms with van der Waals surface area (Å²) in [5.74, 6) is 0.278. The first kappa shape index (κ1) is 7.47. The summed E-state index contributed by atoms with van der Waals surface area (Å²) in [5, 5.41) is 1.58. The van der Waals surface area contributed by atoms with E-state index in [2.05, 4.69) is 4.74 Å². The molecule has 0 saturated carbocycles. The lowest BCUT2D eigenvalue weighted by Crippen LogP contribution is -1.85. The Labute approximate surface area is 61.2 Å². The predicted octanol–water partition coefficient (Wildman–Crippen LogP) is 2.69. The number of halogens is 2. The Morgan fingerprint density at radius 2 is 2.30 bits per heavy atom. The summed E-state index contributed by atoms with van der Waals surface area (Å²) in [6.45, 7) is 0. The van der Waals surface area contributed by atoms with Gasteiger partial charge in [-0.05, 0) is 11.4 Å². The number of alkyl halides is 2. The molecule has 0 bridgehead atoms. The number of hydrogen-bond donors (Lipinski definition) is 0. The molecule has 1 heterocycles. The van der Waals surface area contributed by atoms with E-state index in [1.165, 1.54) is 13.2 Å². The van der Waals surface area contributed by atoms with E-state index >= 15 is 0 Å². The highest BCUT2D eigenvalue weighted by Gasteiger charge is 2.14. The second-order valence-electron chi connectivity index (χ2n) is 1.65. The van der Waals surface area contributed by atoms with Gasteiger partial charge in [0, 0.05) is 0 Å². The zero-order valence-electron chi connectivity index (χ0n) is 5.30. The van der Waals surface area contributed by atoms with Gasteiger partial charge in [-0.15, -0.1) is 11.3 Å². The van der Waals surface area contributed by atoms with E-state index in [0.717, 1.165) is 11.3 Å². The van der Waals surface area contributed by atoms with Crippen LogP contribution in [-0.4, -0.2) is 7.11 Å². The molecule has 0 spiro atoms. The van der Waals surface area contributed by atoms with E-state index in [1.807, 2.05) is 0 Å². The first-order valence-corrected chi connectivity index (χ1v) is 3.53. The zero-order chi connectivity index (χ0) is 7.56. The topological polar surface area (TPSA) is 9.23 Å². The molecular formula is C6H6F2OS. The fourth-order valence-corrected chi connectivity index (χ4v) is 1.35. The third-order valence-corrected chi connectivity index (χ3v) is 1.98. The molecule has 0 radical (unpaired) electrons. The Morgan fingerprint density at radius 1 is 1.60 bits per heavy atom. The van der Waals surface area contributed by atoms with Crippen LogP contribution in [0.15, 0.2) is 11.4 Å². The predicted molar refractivity (Wildman–Crippen MR) is 35.8 cm³/mol. The maximum atomic E-state index is 12.0. The third-order valence-electron chi connectivity index (χ3n) is 1.08. The summed E-state index contributed by atoms with van der Waals surface area (Å²) in [6, 6.07) is 1.53. The van der Waals surface area contributed by atoms with E-state index in [4.69, 9.17) is 0 Å². The highest BCUT2D eigenvalue weighted by molar-refractivity contribution is 7.10. The molecular weight excluding hydrogens is 158 g/mol. The standard InChI is InChI=1S/C6H6F2OS/c1-9-4-2-3-10-5(4)6(7)8/h2-3,6H,1H3. The van der Waals surface area contributed by atoms with Crippen molar-refractivity contribution in [2.45, 2.75) is 6.43 Å². The van der Waals surface area contributed by atoms with Gasteiger partial charge in [-0.25, -0.2) is 8.78 Å². The fourth-order valence-electron chi connectivity index (χ4n) is 0.637. The molecule has 0 aliphatic heterocycles. The van der Waals surface area contributed by atoms with Gasteiger partial charge in [0.1, 0.15) is 10.6 Å². The van der Waals surface area contributed by atoms with Crippen LogP contribution in [0.25, 0.3) is 0 Å². The number of methoxy groups -OCH3 is 1. The minimum atomic E-state index is -2.42. The van der Waals surface area contributed by atoms with Crippen molar-refractivity contribution in [3.05, 3.63) is 16.3 Å². The lowest BCUT2D eigenvalue weighted by Gasteiger charge is -1.98. The molecule has 56 valence electrons. The van der Waals surface area contributed by atoms with Gasteiger partial charge < -0.3 is 4.74 Å². The molecule has 0 aliphatic rings. The van der Waals surface area contributed by atoms with Gasteiger partial charge >= 0.3 is 0 Å². The molecule has 0 atom stereocenters. The maximum Gasteiger partial charge on any atom is 0.276 e. The van der Waals surface area contributed by atoms with Gasteiger partial charge in [-0.1, -0.05) is 0 Å². The molecule has 4 heteroatoms. The molecule has 1 rings (SSSR count). The van der Waals surface area contributed by atoms with E-state index in [0.29, 0.717) is 0 Å². The molecule has 10 heavy (non-hydrogen) atoms. The molecule has 0 unspecified atom stereocenters. The van der Waals surface area contributed by atoms with Crippen molar-refractivity contribution >= 4 is 11.3 Å². The van der Waals surface area contributed by atoms with Gasteiger partial charge in [-0.2, -0.15) is 0 Å². The summed E-state index contributed by atoms with van der Waals surface area (Å²) in [6.07, 6.45) is -2.42. The van der Waals surface area contributed by atoms with E-state index in [9.17, 15) is 8.78 Å². The first-order chi connectivity index (χ1) is 4.75. The fraction of sp³-hybridized carbons (Fsp3) is 0.333. The molecule has 1 nitrogen and oxygen atoms in total. The Balaban J connectivity index is 2.90. The van der Waals surface area contributed by atoms with Crippen molar-refractivity contribution in [3.8, 4) is 5.75 Å². The van der Waals surface area contributed by atoms with E-state index < -0.39 is 6.43 Å². The van der Waals surface area contributed by atoms with Gasteiger partial charge in [-0.3, -0.25) is 0 Å². The van der Waals surface area contributed by atoms with Gasteiger partial charge in [0.2, 0.25) is 0 Å². The van der Waals surface area contributed by atoms with Crippen LogP contribution < -0.4 is 4.74 Å². The molecule has 0 amide bonds. The maximum absolute atomic E-state index is 12.0. The Kier molecular flexibility index (Phi) is 2.21. The quantitative estimate of drug-likeness (QED) is 0.653. The molecule has 0 aliphatic carbocycles. The molecule has 0 fully saturated rings. The van der Waals surface area contributed by atoms with Gasteiger partial charge in [0.05, 0.1) is 7.11 Å². The molecule has 0 aromatic carbocycles. The summed E-state index contributed by atoms with van der Waals surface area (Å²) >= 11 is 1.01. The number of hydrogen-bond acceptors (Lipinski definition) is 2. The second kappa shape index (κ2) is 2.96. The van der Waals surface area contributed by atoms with E-state index in [1.54, 1.807) is 5.38 Å². The molecule has 0 N–H and O–H groups in total. The monoisotopic (exact) mass is 164 g/mol. The average Bonchev–Trinajstić information content (AvgIpc) is 2.33. The van der Waals surface area contributed by atoms with Crippen molar-refractivity contribution in [1.29, 1.82) is 0 Å². The van der Waals surface area contributed by atoms with Crippen LogP contribution in [0.3, 0.4) is 0 Å². The van der Waals surface area contributed by atoms with Crippen LogP contribution in [0.4, 0.5) is 8.78 Å². The minimum Gasteiger partial charge on any atom is -0.495 e. The highest BCUT2D eigenvalue weighted by atomic mass is 32.1. The van der Waals surface area contributed by atoms with Crippen LogP contribution in [0.5, 0.6) is 5.75 Å². The average molecular weight is 164 g/mol. The number of ether oxygens (including phenoxy) is 1. The molecule has 0 saturated heterocycles. The summed E-state index contributed by atoms with van der Waals surface area (Å²) < 4.78 is 28.6. The third kappa shape index (κ3) is 1.26. The van der Waals surface area contributed by atoms with Crippen molar-refractivity contribution in [2.24, 2.45) is 0 Å².